The van der Waals surface area contributed by atoms with E-state index >= 15 is 0 Å². The minimum atomic E-state index is -4.59. The van der Waals surface area contributed by atoms with Crippen molar-refractivity contribution in [2.45, 2.75) is 63.2 Å². The fourth-order valence-electron chi connectivity index (χ4n) is 5.12. The van der Waals surface area contributed by atoms with Gasteiger partial charge in [-0.05, 0) is 61.6 Å². The van der Waals surface area contributed by atoms with Gasteiger partial charge < -0.3 is 10.2 Å². The summed E-state index contributed by atoms with van der Waals surface area (Å²) in [5, 5.41) is 3.05. The van der Waals surface area contributed by atoms with Gasteiger partial charge in [-0.3, -0.25) is 14.5 Å². The van der Waals surface area contributed by atoms with E-state index in [-0.39, 0.29) is 11.7 Å². The van der Waals surface area contributed by atoms with Gasteiger partial charge in [0, 0.05) is 30.5 Å². The summed E-state index contributed by atoms with van der Waals surface area (Å²) in [6, 6.07) is 10.6. The van der Waals surface area contributed by atoms with E-state index in [1.165, 1.54) is 12.1 Å². The van der Waals surface area contributed by atoms with Crippen LogP contribution in [0.2, 0.25) is 0 Å². The summed E-state index contributed by atoms with van der Waals surface area (Å²) < 4.78 is 40.5. The highest BCUT2D eigenvalue weighted by atomic mass is 35.5. The molecular formula is C27H31ClF3N3O2. The Morgan fingerprint density at radius 1 is 1.00 bits per heavy atom. The molecule has 4 rings (SSSR count). The quantitative estimate of drug-likeness (QED) is 0.450. The van der Waals surface area contributed by atoms with Crippen molar-refractivity contribution >= 4 is 34.8 Å². The number of nitrogens with zero attached hydrogens (tertiary/aromatic N) is 2. The lowest BCUT2D eigenvalue weighted by Gasteiger charge is -2.33. The van der Waals surface area contributed by atoms with Gasteiger partial charge in [-0.15, -0.1) is 11.6 Å². The number of amides is 2. The second-order valence-corrected chi connectivity index (χ2v) is 9.74. The van der Waals surface area contributed by atoms with Gasteiger partial charge in [0.2, 0.25) is 11.8 Å². The van der Waals surface area contributed by atoms with Crippen molar-refractivity contribution in [1.82, 2.24) is 5.32 Å². The van der Waals surface area contributed by atoms with E-state index in [4.69, 9.17) is 11.6 Å². The third-order valence-electron chi connectivity index (χ3n) is 6.97. The minimum Gasteiger partial charge on any atom is -0.372 e. The van der Waals surface area contributed by atoms with Crippen molar-refractivity contribution in [2.75, 3.05) is 28.8 Å². The predicted molar refractivity (Wildman–Crippen MR) is 135 cm³/mol. The van der Waals surface area contributed by atoms with E-state index in [2.05, 4.69) is 10.2 Å². The first kappa shape index (κ1) is 26.3. The first-order chi connectivity index (χ1) is 17.3. The van der Waals surface area contributed by atoms with E-state index < -0.39 is 35.5 Å². The monoisotopic (exact) mass is 521 g/mol. The Morgan fingerprint density at radius 3 is 2.28 bits per heavy atom. The smallest absolute Gasteiger partial charge is 0.372 e. The summed E-state index contributed by atoms with van der Waals surface area (Å²) in [6.45, 7) is 1.90. The van der Waals surface area contributed by atoms with Gasteiger partial charge in [0.1, 0.15) is 11.9 Å². The SMILES string of the molecule is O=C(NC1CCCCC1)C(c1ccc(N2CCCC2)cc1)N(C(=O)CCl)c1cccc(C(F)(F)F)c1. The molecule has 1 unspecified atom stereocenters. The second-order valence-electron chi connectivity index (χ2n) is 9.48. The molecule has 0 aromatic heterocycles. The van der Waals surface area contributed by atoms with Crippen molar-refractivity contribution in [1.29, 1.82) is 0 Å². The van der Waals surface area contributed by atoms with Crippen molar-refractivity contribution in [3.05, 3.63) is 59.7 Å². The van der Waals surface area contributed by atoms with E-state index in [1.807, 2.05) is 12.1 Å². The third kappa shape index (κ3) is 6.14. The first-order valence-corrected chi connectivity index (χ1v) is 13.0. The molecule has 2 aliphatic rings. The van der Waals surface area contributed by atoms with Crippen LogP contribution in [0.15, 0.2) is 48.5 Å². The Labute approximate surface area is 214 Å². The molecular weight excluding hydrogens is 491 g/mol. The Kier molecular flexibility index (Phi) is 8.44. The van der Waals surface area contributed by atoms with Gasteiger partial charge in [0.05, 0.1) is 5.56 Å². The van der Waals surface area contributed by atoms with Crippen LogP contribution in [0.25, 0.3) is 0 Å². The standard InChI is InChI=1S/C27H31ClF3N3O2/c28-18-24(35)34(23-10-6-7-20(17-23)27(29,30)31)25(26(36)32-21-8-2-1-3-9-21)19-11-13-22(14-12-19)33-15-4-5-16-33/h6-7,10-14,17,21,25H,1-5,8-9,15-16,18H2,(H,32,36). The third-order valence-corrected chi connectivity index (χ3v) is 7.20. The normalized spacial score (nSPS) is 17.6. The van der Waals surface area contributed by atoms with Crippen molar-refractivity contribution < 1.29 is 22.8 Å². The molecule has 2 aromatic rings. The van der Waals surface area contributed by atoms with Crippen LogP contribution in [0, 0.1) is 0 Å². The van der Waals surface area contributed by atoms with Gasteiger partial charge in [-0.2, -0.15) is 13.2 Å². The van der Waals surface area contributed by atoms with Crippen molar-refractivity contribution in [2.24, 2.45) is 0 Å². The number of benzene rings is 2. The van der Waals surface area contributed by atoms with Crippen molar-refractivity contribution in [3.8, 4) is 0 Å². The number of nitrogens with one attached hydrogen (secondary N) is 1. The Bertz CT molecular complexity index is 1050. The van der Waals surface area contributed by atoms with Crippen LogP contribution >= 0.6 is 11.6 Å². The van der Waals surface area contributed by atoms with Crippen LogP contribution in [0.1, 0.15) is 62.1 Å². The van der Waals surface area contributed by atoms with Crippen LogP contribution in [0.5, 0.6) is 0 Å². The molecule has 1 saturated carbocycles. The minimum absolute atomic E-state index is 0.0251. The maximum Gasteiger partial charge on any atom is 0.416 e. The van der Waals surface area contributed by atoms with E-state index in [9.17, 15) is 22.8 Å². The number of anilines is 2. The molecule has 1 aliphatic carbocycles. The molecule has 0 bridgehead atoms. The zero-order valence-corrected chi connectivity index (χ0v) is 20.8. The van der Waals surface area contributed by atoms with Crippen LogP contribution < -0.4 is 15.1 Å². The Balaban J connectivity index is 1.73. The van der Waals surface area contributed by atoms with E-state index in [0.717, 1.165) is 80.8 Å². The van der Waals surface area contributed by atoms with Crippen LogP contribution in [-0.2, 0) is 15.8 Å². The first-order valence-electron chi connectivity index (χ1n) is 12.5. The zero-order valence-electron chi connectivity index (χ0n) is 20.1. The molecule has 2 amide bonds. The molecule has 0 radical (unpaired) electrons. The number of halogens is 4. The molecule has 1 heterocycles. The molecule has 36 heavy (non-hydrogen) atoms. The largest absolute Gasteiger partial charge is 0.416 e. The second kappa shape index (κ2) is 11.5. The summed E-state index contributed by atoms with van der Waals surface area (Å²) >= 11 is 5.91. The molecule has 1 atom stereocenters. The Morgan fingerprint density at radius 2 is 1.67 bits per heavy atom. The highest BCUT2D eigenvalue weighted by molar-refractivity contribution is 6.29. The number of hydrogen-bond acceptors (Lipinski definition) is 3. The summed E-state index contributed by atoms with van der Waals surface area (Å²) in [7, 11) is 0. The van der Waals surface area contributed by atoms with E-state index in [1.54, 1.807) is 12.1 Å². The number of carbonyl (C=O) groups excluding carboxylic acids is 2. The average molecular weight is 522 g/mol. The average Bonchev–Trinajstić information content (AvgIpc) is 3.42. The molecule has 2 fully saturated rings. The summed E-state index contributed by atoms with van der Waals surface area (Å²) in [6.07, 6.45) is 2.40. The molecule has 194 valence electrons. The fraction of sp³-hybridized carbons (Fsp3) is 0.481. The van der Waals surface area contributed by atoms with Crippen LogP contribution in [0.3, 0.4) is 0 Å². The zero-order chi connectivity index (χ0) is 25.7. The Hall–Kier alpha value is -2.74. The van der Waals surface area contributed by atoms with Crippen LogP contribution in [-0.4, -0.2) is 36.8 Å². The van der Waals surface area contributed by atoms with Crippen LogP contribution in [0.4, 0.5) is 24.5 Å². The lowest BCUT2D eigenvalue weighted by atomic mass is 9.94. The molecule has 0 spiro atoms. The fourth-order valence-corrected chi connectivity index (χ4v) is 5.25. The molecule has 2 aromatic carbocycles. The lowest BCUT2D eigenvalue weighted by molar-refractivity contribution is -0.137. The highest BCUT2D eigenvalue weighted by Crippen LogP contribution is 2.35. The number of hydrogen-bond donors (Lipinski definition) is 1. The van der Waals surface area contributed by atoms with Gasteiger partial charge in [-0.25, -0.2) is 0 Å². The molecule has 1 N–H and O–H groups in total. The van der Waals surface area contributed by atoms with Crippen molar-refractivity contribution in [3.63, 3.8) is 0 Å². The number of carbonyl (C=O) groups is 2. The maximum atomic E-state index is 13.7. The highest BCUT2D eigenvalue weighted by Gasteiger charge is 2.36. The van der Waals surface area contributed by atoms with Gasteiger partial charge in [0.15, 0.2) is 0 Å². The molecule has 5 nitrogen and oxygen atoms in total. The number of rotatable bonds is 7. The van der Waals surface area contributed by atoms with Gasteiger partial charge in [-0.1, -0.05) is 37.5 Å². The summed E-state index contributed by atoms with van der Waals surface area (Å²) in [5.41, 5.74) is 0.602. The maximum absolute atomic E-state index is 13.7. The molecule has 9 heteroatoms. The lowest BCUT2D eigenvalue weighted by Crippen LogP contribution is -2.47. The summed E-state index contributed by atoms with van der Waals surface area (Å²) in [4.78, 5) is 30.1. The number of alkyl halides is 4. The topological polar surface area (TPSA) is 52.7 Å². The molecule has 1 aliphatic heterocycles. The van der Waals surface area contributed by atoms with E-state index in [0.29, 0.717) is 5.56 Å². The predicted octanol–water partition coefficient (Wildman–Crippen LogP) is 6.07. The summed E-state index contributed by atoms with van der Waals surface area (Å²) in [5.74, 6) is -1.55. The molecule has 1 saturated heterocycles. The van der Waals surface area contributed by atoms with Gasteiger partial charge >= 0.3 is 6.18 Å². The van der Waals surface area contributed by atoms with Gasteiger partial charge in [0.25, 0.3) is 0 Å².